The van der Waals surface area contributed by atoms with Gasteiger partial charge in [-0.25, -0.2) is 0 Å². The molecule has 2 aliphatic rings. The number of aliphatic imine (C=N–C) groups is 2. The third-order valence-electron chi connectivity index (χ3n) is 9.07. The second-order valence-electron chi connectivity index (χ2n) is 11.8. The standard InChI is InChI=1S/C36H40N6/c1-39-33-15-7-5-13-29(33)31(35(39)41-21-9-3-10-22-41)25-37-27-17-19-28(20-18-27)38-26-32-30-14-6-8-16-34(30)40(2)36(32)42-23-11-4-12-24-42/h5-8,13-20,25-26H,3-4,9-12,21-24H2,1-2H3. The Kier molecular flexibility index (Phi) is 7.28. The molecule has 2 fully saturated rings. The number of anilines is 2. The number of benzene rings is 3. The molecule has 0 spiro atoms. The smallest absolute Gasteiger partial charge is 0.118 e. The second kappa shape index (κ2) is 11.5. The Bertz CT molecular complexity index is 1630. The molecule has 0 aliphatic carbocycles. The van der Waals surface area contributed by atoms with E-state index in [9.17, 15) is 0 Å². The molecule has 3 aromatic carbocycles. The van der Waals surface area contributed by atoms with Crippen molar-refractivity contribution in [2.45, 2.75) is 38.5 Å². The lowest BCUT2D eigenvalue weighted by Gasteiger charge is -2.29. The lowest BCUT2D eigenvalue weighted by atomic mass is 10.1. The Labute approximate surface area is 248 Å². The number of aryl methyl sites for hydroxylation is 2. The molecule has 0 bridgehead atoms. The van der Waals surface area contributed by atoms with Crippen LogP contribution in [-0.4, -0.2) is 47.7 Å². The van der Waals surface area contributed by atoms with Crippen LogP contribution in [0.3, 0.4) is 0 Å². The summed E-state index contributed by atoms with van der Waals surface area (Å²) in [4.78, 5) is 15.0. The number of para-hydroxylation sites is 2. The highest BCUT2D eigenvalue weighted by Crippen LogP contribution is 2.34. The lowest BCUT2D eigenvalue weighted by Crippen LogP contribution is -2.31. The van der Waals surface area contributed by atoms with Crippen LogP contribution in [0.25, 0.3) is 21.8 Å². The van der Waals surface area contributed by atoms with Crippen LogP contribution < -0.4 is 9.80 Å². The fourth-order valence-electron chi connectivity index (χ4n) is 6.95. The molecule has 0 radical (unpaired) electrons. The number of nitrogens with zero attached hydrogens (tertiary/aromatic N) is 6. The first-order valence-electron chi connectivity index (χ1n) is 15.5. The van der Waals surface area contributed by atoms with E-state index in [0.717, 1.165) is 37.6 Å². The summed E-state index contributed by atoms with van der Waals surface area (Å²) in [5.41, 5.74) is 6.79. The summed E-state index contributed by atoms with van der Waals surface area (Å²) >= 11 is 0. The molecule has 5 aromatic rings. The van der Waals surface area contributed by atoms with E-state index in [0.29, 0.717) is 0 Å². The van der Waals surface area contributed by atoms with Gasteiger partial charge in [0.1, 0.15) is 11.6 Å². The minimum atomic E-state index is 0.936. The monoisotopic (exact) mass is 556 g/mol. The van der Waals surface area contributed by atoms with Gasteiger partial charge in [0.15, 0.2) is 0 Å². The summed E-state index contributed by atoms with van der Waals surface area (Å²) in [5.74, 6) is 2.56. The van der Waals surface area contributed by atoms with Crippen LogP contribution in [0.2, 0.25) is 0 Å². The minimum Gasteiger partial charge on any atom is -0.357 e. The van der Waals surface area contributed by atoms with Gasteiger partial charge < -0.3 is 18.9 Å². The van der Waals surface area contributed by atoms with E-state index >= 15 is 0 Å². The van der Waals surface area contributed by atoms with Gasteiger partial charge in [-0.2, -0.15) is 0 Å². The van der Waals surface area contributed by atoms with Crippen molar-refractivity contribution in [3.05, 3.63) is 83.9 Å². The molecule has 7 rings (SSSR count). The van der Waals surface area contributed by atoms with E-state index in [1.165, 1.54) is 83.1 Å². The molecular weight excluding hydrogens is 516 g/mol. The molecule has 2 aromatic heterocycles. The Hall–Kier alpha value is -4.32. The number of aromatic nitrogens is 2. The maximum atomic E-state index is 4.95. The van der Waals surface area contributed by atoms with Crippen LogP contribution in [0.4, 0.5) is 23.0 Å². The average molecular weight is 557 g/mol. The van der Waals surface area contributed by atoms with Gasteiger partial charge in [0.25, 0.3) is 0 Å². The predicted molar refractivity (Wildman–Crippen MR) is 179 cm³/mol. The van der Waals surface area contributed by atoms with Crippen molar-refractivity contribution in [3.8, 4) is 0 Å². The zero-order valence-corrected chi connectivity index (χ0v) is 24.8. The first-order valence-corrected chi connectivity index (χ1v) is 15.5. The Balaban J connectivity index is 1.17. The fourth-order valence-corrected chi connectivity index (χ4v) is 6.95. The third kappa shape index (κ3) is 4.89. The highest BCUT2D eigenvalue weighted by Gasteiger charge is 2.22. The maximum absolute atomic E-state index is 4.95. The summed E-state index contributed by atoms with van der Waals surface area (Å²) in [7, 11) is 4.37. The van der Waals surface area contributed by atoms with Gasteiger partial charge in [0, 0.05) is 74.6 Å². The molecular formula is C36H40N6. The molecule has 0 unspecified atom stereocenters. The Morgan fingerprint density at radius 2 is 0.881 bits per heavy atom. The van der Waals surface area contributed by atoms with Crippen molar-refractivity contribution in [3.63, 3.8) is 0 Å². The minimum absolute atomic E-state index is 0.936. The van der Waals surface area contributed by atoms with Crippen LogP contribution in [-0.2, 0) is 14.1 Å². The van der Waals surface area contributed by atoms with Crippen molar-refractivity contribution in [1.29, 1.82) is 0 Å². The molecule has 2 saturated heterocycles. The average Bonchev–Trinajstić information content (AvgIpc) is 3.50. The van der Waals surface area contributed by atoms with Crippen LogP contribution in [0.5, 0.6) is 0 Å². The fraction of sp³-hybridized carbons (Fsp3) is 0.333. The highest BCUT2D eigenvalue weighted by molar-refractivity contribution is 6.07. The van der Waals surface area contributed by atoms with Crippen molar-refractivity contribution < 1.29 is 0 Å². The molecule has 42 heavy (non-hydrogen) atoms. The van der Waals surface area contributed by atoms with Crippen LogP contribution >= 0.6 is 0 Å². The second-order valence-corrected chi connectivity index (χ2v) is 11.8. The maximum Gasteiger partial charge on any atom is 0.118 e. The molecule has 214 valence electrons. The largest absolute Gasteiger partial charge is 0.357 e. The van der Waals surface area contributed by atoms with E-state index in [-0.39, 0.29) is 0 Å². The van der Waals surface area contributed by atoms with Crippen molar-refractivity contribution in [2.24, 2.45) is 24.1 Å². The first-order chi connectivity index (χ1) is 20.7. The number of rotatable bonds is 6. The van der Waals surface area contributed by atoms with E-state index in [2.05, 4.69) is 118 Å². The summed E-state index contributed by atoms with van der Waals surface area (Å²) < 4.78 is 4.68. The molecule has 2 aliphatic heterocycles. The summed E-state index contributed by atoms with van der Waals surface area (Å²) in [6.07, 6.45) is 11.8. The zero-order valence-electron chi connectivity index (χ0n) is 24.8. The lowest BCUT2D eigenvalue weighted by molar-refractivity contribution is 0.568. The van der Waals surface area contributed by atoms with Gasteiger partial charge in [-0.1, -0.05) is 36.4 Å². The number of piperidine rings is 2. The van der Waals surface area contributed by atoms with E-state index in [1.807, 2.05) is 0 Å². The molecule has 0 atom stereocenters. The topological polar surface area (TPSA) is 41.1 Å². The number of hydrogen-bond donors (Lipinski definition) is 0. The van der Waals surface area contributed by atoms with E-state index in [1.54, 1.807) is 0 Å². The molecule has 4 heterocycles. The summed E-state index contributed by atoms with van der Waals surface area (Å²) in [5, 5.41) is 2.51. The number of hydrogen-bond acceptors (Lipinski definition) is 4. The Morgan fingerprint density at radius 3 is 1.29 bits per heavy atom. The predicted octanol–water partition coefficient (Wildman–Crippen LogP) is 8.15. The Morgan fingerprint density at radius 1 is 0.500 bits per heavy atom. The van der Waals surface area contributed by atoms with Gasteiger partial charge in [0.2, 0.25) is 0 Å². The van der Waals surface area contributed by atoms with Gasteiger partial charge in [0.05, 0.1) is 22.4 Å². The van der Waals surface area contributed by atoms with Crippen LogP contribution in [0.15, 0.2) is 82.8 Å². The highest BCUT2D eigenvalue weighted by atomic mass is 15.2. The zero-order chi connectivity index (χ0) is 28.5. The first kappa shape index (κ1) is 26.6. The summed E-state index contributed by atoms with van der Waals surface area (Å²) in [6, 6.07) is 25.6. The van der Waals surface area contributed by atoms with Crippen LogP contribution in [0, 0.1) is 0 Å². The van der Waals surface area contributed by atoms with Crippen LogP contribution in [0.1, 0.15) is 49.7 Å². The number of fused-ring (bicyclic) bond motifs is 2. The van der Waals surface area contributed by atoms with Crippen molar-refractivity contribution in [1.82, 2.24) is 9.13 Å². The molecule has 0 N–H and O–H groups in total. The normalized spacial score (nSPS) is 16.5. The van der Waals surface area contributed by atoms with Crippen molar-refractivity contribution >= 4 is 57.2 Å². The van der Waals surface area contributed by atoms with Gasteiger partial charge in [-0.15, -0.1) is 0 Å². The molecule has 0 amide bonds. The van der Waals surface area contributed by atoms with Crippen molar-refractivity contribution in [2.75, 3.05) is 36.0 Å². The van der Waals surface area contributed by atoms with E-state index < -0.39 is 0 Å². The third-order valence-corrected chi connectivity index (χ3v) is 9.07. The molecule has 6 nitrogen and oxygen atoms in total. The van der Waals surface area contributed by atoms with Gasteiger partial charge in [-0.05, 0) is 74.9 Å². The quantitative estimate of drug-likeness (QED) is 0.198. The van der Waals surface area contributed by atoms with Gasteiger partial charge in [-0.3, -0.25) is 9.98 Å². The molecule has 6 heteroatoms. The van der Waals surface area contributed by atoms with Gasteiger partial charge >= 0.3 is 0 Å². The van der Waals surface area contributed by atoms with E-state index in [4.69, 9.17) is 9.98 Å². The molecule has 0 saturated carbocycles. The summed E-state index contributed by atoms with van der Waals surface area (Å²) in [6.45, 7) is 4.42. The SMILES string of the molecule is Cn1c(N2CCCCC2)c(C=Nc2ccc(N=Cc3c(N4CCCCC4)n(C)c4ccccc34)cc2)c2ccccc21.